The van der Waals surface area contributed by atoms with Crippen LogP contribution in [0.2, 0.25) is 0 Å². The number of aryl methyl sites for hydroxylation is 1. The Morgan fingerprint density at radius 2 is 2.14 bits per heavy atom. The average Bonchev–Trinajstić information content (AvgIpc) is 2.48. The number of nitrogens with one attached hydrogen (secondary N) is 1. The molecule has 0 heterocycles. The number of hydrogen-bond donors (Lipinski definition) is 2. The predicted molar refractivity (Wildman–Crippen MR) is 85.3 cm³/mol. The maximum Gasteiger partial charge on any atom is 0.244 e. The highest BCUT2D eigenvalue weighted by Gasteiger charge is 2.04. The lowest BCUT2D eigenvalue weighted by Gasteiger charge is -2.05. The second-order valence-electron chi connectivity index (χ2n) is 4.89. The van der Waals surface area contributed by atoms with Crippen LogP contribution in [0.1, 0.15) is 16.7 Å². The first-order valence-electron chi connectivity index (χ1n) is 6.83. The van der Waals surface area contributed by atoms with Gasteiger partial charge in [0.15, 0.2) is 0 Å². The zero-order valence-corrected chi connectivity index (χ0v) is 12.5. The number of hydrazone groups is 1. The van der Waals surface area contributed by atoms with Crippen molar-refractivity contribution in [1.82, 2.24) is 5.43 Å². The van der Waals surface area contributed by atoms with Crippen LogP contribution in [-0.4, -0.2) is 24.3 Å². The Morgan fingerprint density at radius 1 is 1.32 bits per heavy atom. The number of phenolic OH excluding ortho intramolecular Hbond substituents is 1. The van der Waals surface area contributed by atoms with E-state index in [0.29, 0.717) is 11.3 Å². The van der Waals surface area contributed by atoms with E-state index in [0.717, 1.165) is 11.1 Å². The van der Waals surface area contributed by atoms with E-state index >= 15 is 0 Å². The van der Waals surface area contributed by atoms with Crippen molar-refractivity contribution in [2.75, 3.05) is 7.11 Å². The number of amides is 1. The molecule has 114 valence electrons. The number of methoxy groups -OCH3 is 1. The summed E-state index contributed by atoms with van der Waals surface area (Å²) in [5.74, 6) is 0.397. The number of rotatable bonds is 5. The third kappa shape index (κ3) is 4.34. The first-order chi connectivity index (χ1) is 10.6. The maximum atomic E-state index is 11.8. The van der Waals surface area contributed by atoms with Crippen LogP contribution in [0, 0.1) is 6.92 Å². The van der Waals surface area contributed by atoms with Gasteiger partial charge in [-0.15, -0.1) is 0 Å². The highest BCUT2D eigenvalue weighted by atomic mass is 16.5. The van der Waals surface area contributed by atoms with Crippen molar-refractivity contribution in [2.24, 2.45) is 5.10 Å². The molecule has 2 aromatic carbocycles. The van der Waals surface area contributed by atoms with Gasteiger partial charge < -0.3 is 9.84 Å². The van der Waals surface area contributed by atoms with E-state index in [9.17, 15) is 9.90 Å². The summed E-state index contributed by atoms with van der Waals surface area (Å²) in [6, 6.07) is 12.4. The first-order valence-corrected chi connectivity index (χ1v) is 6.83. The summed E-state index contributed by atoms with van der Waals surface area (Å²) in [6.07, 6.45) is 1.75. The first kappa shape index (κ1) is 15.6. The van der Waals surface area contributed by atoms with Gasteiger partial charge in [0.1, 0.15) is 11.5 Å². The largest absolute Gasteiger partial charge is 0.508 e. The molecular weight excluding hydrogens is 280 g/mol. The van der Waals surface area contributed by atoms with Gasteiger partial charge in [0, 0.05) is 11.6 Å². The van der Waals surface area contributed by atoms with Crippen molar-refractivity contribution >= 4 is 12.1 Å². The van der Waals surface area contributed by atoms with E-state index < -0.39 is 0 Å². The van der Waals surface area contributed by atoms with Crippen LogP contribution in [0.4, 0.5) is 0 Å². The molecule has 0 aliphatic rings. The van der Waals surface area contributed by atoms with Gasteiger partial charge in [-0.1, -0.05) is 29.8 Å². The van der Waals surface area contributed by atoms with Crippen LogP contribution >= 0.6 is 0 Å². The fourth-order valence-corrected chi connectivity index (χ4v) is 2.03. The lowest BCUT2D eigenvalue weighted by atomic mass is 10.1. The highest BCUT2D eigenvalue weighted by Crippen LogP contribution is 2.22. The summed E-state index contributed by atoms with van der Waals surface area (Å²) in [5.41, 5.74) is 5.19. The summed E-state index contributed by atoms with van der Waals surface area (Å²) in [4.78, 5) is 11.8. The van der Waals surface area contributed by atoms with Gasteiger partial charge in [0.05, 0.1) is 19.7 Å². The number of hydrogen-bond acceptors (Lipinski definition) is 4. The SMILES string of the molecule is COc1cc(O)ccc1C=NNC(=O)Cc1cccc(C)c1. The summed E-state index contributed by atoms with van der Waals surface area (Å²) < 4.78 is 5.13. The second-order valence-corrected chi connectivity index (χ2v) is 4.89. The third-order valence-electron chi connectivity index (χ3n) is 3.06. The van der Waals surface area contributed by atoms with Crippen molar-refractivity contribution in [1.29, 1.82) is 0 Å². The number of carbonyl (C=O) groups excluding carboxylic acids is 1. The van der Waals surface area contributed by atoms with Crippen LogP contribution in [0.15, 0.2) is 47.6 Å². The van der Waals surface area contributed by atoms with Crippen molar-refractivity contribution in [3.63, 3.8) is 0 Å². The van der Waals surface area contributed by atoms with E-state index in [1.807, 2.05) is 31.2 Å². The minimum atomic E-state index is -0.195. The predicted octanol–water partition coefficient (Wildman–Crippen LogP) is 2.40. The van der Waals surface area contributed by atoms with Crippen molar-refractivity contribution < 1.29 is 14.6 Å². The molecule has 0 radical (unpaired) electrons. The van der Waals surface area contributed by atoms with E-state index in [2.05, 4.69) is 10.5 Å². The molecule has 1 amide bonds. The summed E-state index contributed by atoms with van der Waals surface area (Å²) in [6.45, 7) is 1.98. The number of benzene rings is 2. The quantitative estimate of drug-likeness (QED) is 0.658. The minimum absolute atomic E-state index is 0.109. The number of phenols is 1. The Bertz CT molecular complexity index is 696. The highest BCUT2D eigenvalue weighted by molar-refractivity contribution is 5.86. The van der Waals surface area contributed by atoms with E-state index in [1.54, 1.807) is 6.07 Å². The monoisotopic (exact) mass is 298 g/mol. The van der Waals surface area contributed by atoms with Gasteiger partial charge >= 0.3 is 0 Å². The molecule has 2 N–H and O–H groups in total. The molecule has 0 aliphatic heterocycles. The van der Waals surface area contributed by atoms with Crippen molar-refractivity contribution in [3.05, 3.63) is 59.2 Å². The zero-order chi connectivity index (χ0) is 15.9. The Hall–Kier alpha value is -2.82. The van der Waals surface area contributed by atoms with Crippen molar-refractivity contribution in [2.45, 2.75) is 13.3 Å². The minimum Gasteiger partial charge on any atom is -0.508 e. The molecule has 0 fully saturated rings. The number of ether oxygens (including phenoxy) is 1. The standard InChI is InChI=1S/C17H18N2O3/c1-12-4-3-5-13(8-12)9-17(21)19-18-11-14-6-7-15(20)10-16(14)22-2/h3-8,10-11,20H,9H2,1-2H3,(H,19,21). The van der Waals surface area contributed by atoms with E-state index in [-0.39, 0.29) is 18.1 Å². The van der Waals surface area contributed by atoms with Gasteiger partial charge in [0.2, 0.25) is 5.91 Å². The van der Waals surface area contributed by atoms with Gasteiger partial charge in [0.25, 0.3) is 0 Å². The van der Waals surface area contributed by atoms with Gasteiger partial charge in [-0.25, -0.2) is 5.43 Å². The third-order valence-corrected chi connectivity index (χ3v) is 3.06. The Balaban J connectivity index is 1.96. The molecule has 5 heteroatoms. The molecule has 0 unspecified atom stereocenters. The Labute approximate surface area is 129 Å². The molecule has 5 nitrogen and oxygen atoms in total. The normalized spacial score (nSPS) is 10.6. The number of aromatic hydroxyl groups is 1. The maximum absolute atomic E-state index is 11.8. The van der Waals surface area contributed by atoms with Crippen LogP contribution in [0.5, 0.6) is 11.5 Å². The molecule has 2 rings (SSSR count). The molecule has 0 atom stereocenters. The molecule has 0 aromatic heterocycles. The fourth-order valence-electron chi connectivity index (χ4n) is 2.03. The second kappa shape index (κ2) is 7.26. The number of nitrogens with zero attached hydrogens (tertiary/aromatic N) is 1. The molecule has 2 aromatic rings. The molecule has 0 aliphatic carbocycles. The summed E-state index contributed by atoms with van der Waals surface area (Å²) >= 11 is 0. The zero-order valence-electron chi connectivity index (χ0n) is 12.5. The summed E-state index contributed by atoms with van der Waals surface area (Å²) in [7, 11) is 1.50. The van der Waals surface area contributed by atoms with Gasteiger partial charge in [-0.3, -0.25) is 4.79 Å². The van der Waals surface area contributed by atoms with Gasteiger partial charge in [-0.2, -0.15) is 5.10 Å². The van der Waals surface area contributed by atoms with Crippen LogP contribution in [-0.2, 0) is 11.2 Å². The molecule has 0 bridgehead atoms. The Morgan fingerprint density at radius 3 is 2.86 bits per heavy atom. The van der Waals surface area contributed by atoms with Crippen LogP contribution < -0.4 is 10.2 Å². The van der Waals surface area contributed by atoms with Crippen LogP contribution in [0.3, 0.4) is 0 Å². The molecular formula is C17H18N2O3. The fraction of sp³-hybridized carbons (Fsp3) is 0.176. The molecule has 0 saturated heterocycles. The van der Waals surface area contributed by atoms with Crippen molar-refractivity contribution in [3.8, 4) is 11.5 Å². The van der Waals surface area contributed by atoms with E-state index in [1.165, 1.54) is 25.5 Å². The smallest absolute Gasteiger partial charge is 0.244 e. The van der Waals surface area contributed by atoms with E-state index in [4.69, 9.17) is 4.74 Å². The lowest BCUT2D eigenvalue weighted by molar-refractivity contribution is -0.120. The van der Waals surface area contributed by atoms with Crippen LogP contribution in [0.25, 0.3) is 0 Å². The Kier molecular flexibility index (Phi) is 5.14. The van der Waals surface area contributed by atoms with Gasteiger partial charge in [-0.05, 0) is 24.6 Å². The topological polar surface area (TPSA) is 70.9 Å². The molecule has 0 saturated carbocycles. The molecule has 0 spiro atoms. The summed E-state index contributed by atoms with van der Waals surface area (Å²) in [5, 5.41) is 13.3. The lowest BCUT2D eigenvalue weighted by Crippen LogP contribution is -2.19. The average molecular weight is 298 g/mol. The molecule has 22 heavy (non-hydrogen) atoms. The number of carbonyl (C=O) groups is 1.